The SMILES string of the molecule is COc1ccc(-c2n[nH]c(CNC(=O)/C=C\c3ccco3)n2)cc1. The van der Waals surface area contributed by atoms with Crippen molar-refractivity contribution in [1.29, 1.82) is 0 Å². The quantitative estimate of drug-likeness (QED) is 0.679. The van der Waals surface area contributed by atoms with Gasteiger partial charge in [-0.1, -0.05) is 0 Å². The molecule has 2 N–H and O–H groups in total. The second kappa shape index (κ2) is 7.28. The van der Waals surface area contributed by atoms with Crippen LogP contribution in [0.4, 0.5) is 0 Å². The Morgan fingerprint density at radius 3 is 2.88 bits per heavy atom. The Bertz CT molecular complexity index is 820. The molecule has 0 saturated carbocycles. The van der Waals surface area contributed by atoms with Crippen LogP contribution in [0.3, 0.4) is 0 Å². The maximum atomic E-state index is 11.7. The molecule has 0 saturated heterocycles. The van der Waals surface area contributed by atoms with Crippen LogP contribution in [0.25, 0.3) is 17.5 Å². The number of hydrogen-bond acceptors (Lipinski definition) is 5. The fraction of sp³-hybridized carbons (Fsp3) is 0.118. The van der Waals surface area contributed by atoms with Crippen molar-refractivity contribution in [2.75, 3.05) is 7.11 Å². The smallest absolute Gasteiger partial charge is 0.244 e. The molecule has 122 valence electrons. The summed E-state index contributed by atoms with van der Waals surface area (Å²) in [6, 6.07) is 10.9. The first kappa shape index (κ1) is 15.5. The van der Waals surface area contributed by atoms with Gasteiger partial charge in [-0.05, 0) is 42.5 Å². The molecule has 7 heteroatoms. The van der Waals surface area contributed by atoms with E-state index in [4.69, 9.17) is 9.15 Å². The Labute approximate surface area is 138 Å². The van der Waals surface area contributed by atoms with Crippen LogP contribution in [0.15, 0.2) is 53.2 Å². The number of amides is 1. The van der Waals surface area contributed by atoms with E-state index < -0.39 is 0 Å². The Kier molecular flexibility index (Phi) is 4.71. The molecule has 3 aromatic rings. The van der Waals surface area contributed by atoms with E-state index in [1.165, 1.54) is 6.08 Å². The highest BCUT2D eigenvalue weighted by atomic mass is 16.5. The number of methoxy groups -OCH3 is 1. The molecule has 0 atom stereocenters. The van der Waals surface area contributed by atoms with Gasteiger partial charge >= 0.3 is 0 Å². The fourth-order valence-corrected chi connectivity index (χ4v) is 2.02. The zero-order chi connectivity index (χ0) is 16.8. The highest BCUT2D eigenvalue weighted by Gasteiger charge is 2.07. The third kappa shape index (κ3) is 3.89. The lowest BCUT2D eigenvalue weighted by molar-refractivity contribution is -0.116. The number of carbonyl (C=O) groups excluding carboxylic acids is 1. The molecule has 1 amide bonds. The van der Waals surface area contributed by atoms with Crippen LogP contribution in [-0.4, -0.2) is 28.2 Å². The fourth-order valence-electron chi connectivity index (χ4n) is 2.02. The molecule has 0 radical (unpaired) electrons. The standard InChI is InChI=1S/C17H16N4O3/c1-23-13-6-4-12(5-7-13)17-19-15(20-21-17)11-18-16(22)9-8-14-3-2-10-24-14/h2-10H,11H2,1H3,(H,18,22)(H,19,20,21)/b9-8-. The molecular formula is C17H16N4O3. The molecule has 0 aliphatic rings. The van der Waals surface area contributed by atoms with Crippen molar-refractivity contribution in [3.63, 3.8) is 0 Å². The van der Waals surface area contributed by atoms with Crippen molar-refractivity contribution in [3.05, 3.63) is 60.3 Å². The monoisotopic (exact) mass is 324 g/mol. The van der Waals surface area contributed by atoms with E-state index in [0.717, 1.165) is 11.3 Å². The molecule has 2 aromatic heterocycles. The molecule has 7 nitrogen and oxygen atoms in total. The molecule has 0 spiro atoms. The molecule has 2 heterocycles. The number of furan rings is 1. The summed E-state index contributed by atoms with van der Waals surface area (Å²) >= 11 is 0. The second-order valence-corrected chi connectivity index (χ2v) is 4.90. The van der Waals surface area contributed by atoms with Gasteiger partial charge in [-0.3, -0.25) is 9.89 Å². The molecule has 1 aromatic carbocycles. The molecule has 0 aliphatic carbocycles. The van der Waals surface area contributed by atoms with Crippen molar-refractivity contribution in [1.82, 2.24) is 20.5 Å². The zero-order valence-corrected chi connectivity index (χ0v) is 13.0. The number of nitrogens with one attached hydrogen (secondary N) is 2. The van der Waals surface area contributed by atoms with Crippen LogP contribution >= 0.6 is 0 Å². The van der Waals surface area contributed by atoms with Crippen molar-refractivity contribution in [2.24, 2.45) is 0 Å². The van der Waals surface area contributed by atoms with Gasteiger partial charge in [0.05, 0.1) is 19.9 Å². The maximum Gasteiger partial charge on any atom is 0.244 e. The molecule has 24 heavy (non-hydrogen) atoms. The Morgan fingerprint density at radius 1 is 1.33 bits per heavy atom. The van der Waals surface area contributed by atoms with Crippen molar-refractivity contribution in [3.8, 4) is 17.1 Å². The van der Waals surface area contributed by atoms with Gasteiger partial charge in [0.15, 0.2) is 5.82 Å². The van der Waals surface area contributed by atoms with Crippen molar-refractivity contribution >= 4 is 12.0 Å². The van der Waals surface area contributed by atoms with E-state index in [0.29, 0.717) is 17.4 Å². The van der Waals surface area contributed by atoms with Gasteiger partial charge in [-0.15, -0.1) is 0 Å². The molecule has 3 rings (SSSR count). The van der Waals surface area contributed by atoms with Crippen LogP contribution in [0.1, 0.15) is 11.6 Å². The number of aromatic amines is 1. The lowest BCUT2D eigenvalue weighted by atomic mass is 10.2. The number of rotatable bonds is 6. The average Bonchev–Trinajstić information content (AvgIpc) is 3.30. The summed E-state index contributed by atoms with van der Waals surface area (Å²) in [4.78, 5) is 16.1. The number of nitrogens with zero attached hydrogens (tertiary/aromatic N) is 2. The summed E-state index contributed by atoms with van der Waals surface area (Å²) in [5.41, 5.74) is 0.863. The van der Waals surface area contributed by atoms with Crippen molar-refractivity contribution in [2.45, 2.75) is 6.54 Å². The normalized spacial score (nSPS) is 10.9. The number of ether oxygens (including phenoxy) is 1. The van der Waals surface area contributed by atoms with Gasteiger partial charge in [0.25, 0.3) is 0 Å². The molecular weight excluding hydrogens is 308 g/mol. The number of carbonyl (C=O) groups is 1. The first-order valence-corrected chi connectivity index (χ1v) is 7.30. The average molecular weight is 324 g/mol. The summed E-state index contributed by atoms with van der Waals surface area (Å²) in [5.74, 6) is 2.28. The van der Waals surface area contributed by atoms with E-state index in [2.05, 4.69) is 20.5 Å². The largest absolute Gasteiger partial charge is 0.497 e. The molecule has 0 unspecified atom stereocenters. The Balaban J connectivity index is 1.56. The molecule has 0 aliphatic heterocycles. The summed E-state index contributed by atoms with van der Waals surface area (Å²) in [7, 11) is 1.61. The van der Waals surface area contributed by atoms with Gasteiger partial charge in [-0.25, -0.2) is 4.98 Å². The first-order chi connectivity index (χ1) is 11.7. The molecule has 0 fully saturated rings. The lowest BCUT2D eigenvalue weighted by Crippen LogP contribution is -2.20. The summed E-state index contributed by atoms with van der Waals surface area (Å²) in [6.45, 7) is 0.254. The van der Waals surface area contributed by atoms with Crippen LogP contribution in [0.5, 0.6) is 5.75 Å². The number of H-pyrrole nitrogens is 1. The second-order valence-electron chi connectivity index (χ2n) is 4.90. The van der Waals surface area contributed by atoms with E-state index in [1.807, 2.05) is 24.3 Å². The van der Waals surface area contributed by atoms with Gasteiger partial charge in [0, 0.05) is 11.6 Å². The van der Waals surface area contributed by atoms with Crippen LogP contribution in [0, 0.1) is 0 Å². The third-order valence-electron chi connectivity index (χ3n) is 3.25. The van der Waals surface area contributed by atoms with Gasteiger partial charge in [0.2, 0.25) is 5.91 Å². The van der Waals surface area contributed by atoms with Gasteiger partial charge < -0.3 is 14.5 Å². The van der Waals surface area contributed by atoms with E-state index in [9.17, 15) is 4.79 Å². The minimum atomic E-state index is -0.242. The molecule has 0 bridgehead atoms. The van der Waals surface area contributed by atoms with Crippen LogP contribution < -0.4 is 10.1 Å². The number of aromatic nitrogens is 3. The Hall–Kier alpha value is -3.35. The van der Waals surface area contributed by atoms with Gasteiger partial charge in [0.1, 0.15) is 17.3 Å². The number of benzene rings is 1. The number of hydrogen-bond donors (Lipinski definition) is 2. The van der Waals surface area contributed by atoms with Gasteiger partial charge in [-0.2, -0.15) is 5.10 Å². The predicted octanol–water partition coefficient (Wildman–Crippen LogP) is 2.40. The minimum Gasteiger partial charge on any atom is -0.497 e. The highest BCUT2D eigenvalue weighted by Crippen LogP contribution is 2.18. The summed E-state index contributed by atoms with van der Waals surface area (Å²) < 4.78 is 10.2. The highest BCUT2D eigenvalue weighted by molar-refractivity contribution is 5.91. The minimum absolute atomic E-state index is 0.242. The summed E-state index contributed by atoms with van der Waals surface area (Å²) in [6.07, 6.45) is 4.55. The van der Waals surface area contributed by atoms with Crippen LogP contribution in [-0.2, 0) is 11.3 Å². The van der Waals surface area contributed by atoms with Crippen LogP contribution in [0.2, 0.25) is 0 Å². The van der Waals surface area contributed by atoms with Crippen molar-refractivity contribution < 1.29 is 13.9 Å². The predicted molar refractivity (Wildman–Crippen MR) is 88.0 cm³/mol. The first-order valence-electron chi connectivity index (χ1n) is 7.30. The van der Waals surface area contributed by atoms with E-state index in [1.54, 1.807) is 31.6 Å². The summed E-state index contributed by atoms with van der Waals surface area (Å²) in [5, 5.41) is 9.68. The van der Waals surface area contributed by atoms with E-state index in [-0.39, 0.29) is 12.5 Å². The van der Waals surface area contributed by atoms with E-state index >= 15 is 0 Å². The topological polar surface area (TPSA) is 93.0 Å². The Morgan fingerprint density at radius 2 is 2.17 bits per heavy atom. The lowest BCUT2D eigenvalue weighted by Gasteiger charge is -1.99. The maximum absolute atomic E-state index is 11.7. The zero-order valence-electron chi connectivity index (χ0n) is 13.0. The third-order valence-corrected chi connectivity index (χ3v) is 3.25.